The van der Waals surface area contributed by atoms with Gasteiger partial charge in [-0.15, -0.1) is 11.3 Å². The quantitative estimate of drug-likeness (QED) is 0.940. The van der Waals surface area contributed by atoms with Crippen molar-refractivity contribution in [2.75, 3.05) is 6.54 Å². The third kappa shape index (κ3) is 3.18. The van der Waals surface area contributed by atoms with Crippen LogP contribution in [0.4, 0.5) is 0 Å². The van der Waals surface area contributed by atoms with E-state index in [4.69, 9.17) is 0 Å². The molecular weight excluding hydrogens is 282 g/mol. The molecule has 5 heteroatoms. The molecule has 1 atom stereocenters. The van der Waals surface area contributed by atoms with E-state index in [-0.39, 0.29) is 11.9 Å². The molecule has 0 aromatic carbocycles. The summed E-state index contributed by atoms with van der Waals surface area (Å²) < 4.78 is 0. The minimum atomic E-state index is 0.178. The van der Waals surface area contributed by atoms with Crippen LogP contribution in [0.25, 0.3) is 0 Å². The average Bonchev–Trinajstić information content (AvgIpc) is 3.16. The number of carbonyl (C=O) groups excluding carboxylic acids is 1. The van der Waals surface area contributed by atoms with Crippen LogP contribution in [0.5, 0.6) is 0 Å². The first-order chi connectivity index (χ1) is 10.3. The smallest absolute Gasteiger partial charge is 0.223 e. The molecule has 4 nitrogen and oxygen atoms in total. The third-order valence-corrected chi connectivity index (χ3v) is 5.13. The van der Waals surface area contributed by atoms with Crippen molar-refractivity contribution in [1.29, 1.82) is 0 Å². The zero-order valence-electron chi connectivity index (χ0n) is 12.3. The lowest BCUT2D eigenvalue weighted by atomic mass is 9.97. The fourth-order valence-corrected chi connectivity index (χ4v) is 3.76. The summed E-state index contributed by atoms with van der Waals surface area (Å²) in [5.74, 6) is 0.266. The van der Waals surface area contributed by atoms with Crippen LogP contribution in [0.15, 0.2) is 23.7 Å². The van der Waals surface area contributed by atoms with E-state index in [1.54, 1.807) is 11.3 Å². The number of carbonyl (C=O) groups is 1. The number of H-pyrrole nitrogens is 1. The van der Waals surface area contributed by atoms with Gasteiger partial charge in [-0.25, -0.2) is 0 Å². The van der Waals surface area contributed by atoms with E-state index in [0.29, 0.717) is 6.42 Å². The summed E-state index contributed by atoms with van der Waals surface area (Å²) in [7, 11) is 0. The van der Waals surface area contributed by atoms with Crippen molar-refractivity contribution in [2.45, 2.75) is 45.1 Å². The molecule has 0 spiro atoms. The number of aryl methyl sites for hydroxylation is 2. The van der Waals surface area contributed by atoms with Crippen molar-refractivity contribution in [3.8, 4) is 0 Å². The molecule has 0 aliphatic carbocycles. The van der Waals surface area contributed by atoms with E-state index in [9.17, 15) is 4.79 Å². The average molecular weight is 303 g/mol. The molecule has 3 rings (SSSR count). The number of nitrogens with one attached hydrogen (secondary N) is 1. The molecule has 3 heterocycles. The highest BCUT2D eigenvalue weighted by Crippen LogP contribution is 2.32. The molecule has 112 valence electrons. The number of nitrogens with zero attached hydrogens (tertiary/aromatic N) is 2. The van der Waals surface area contributed by atoms with Gasteiger partial charge in [-0.3, -0.25) is 9.89 Å². The van der Waals surface area contributed by atoms with Crippen LogP contribution in [-0.4, -0.2) is 27.5 Å². The molecule has 21 heavy (non-hydrogen) atoms. The first kappa shape index (κ1) is 14.3. The summed E-state index contributed by atoms with van der Waals surface area (Å²) in [6, 6.07) is 4.32. The molecule has 1 aliphatic heterocycles. The van der Waals surface area contributed by atoms with Gasteiger partial charge >= 0.3 is 0 Å². The van der Waals surface area contributed by atoms with Gasteiger partial charge in [0.25, 0.3) is 0 Å². The van der Waals surface area contributed by atoms with E-state index in [1.807, 2.05) is 12.3 Å². The summed E-state index contributed by atoms with van der Waals surface area (Å²) in [6.45, 7) is 2.92. The van der Waals surface area contributed by atoms with Crippen LogP contribution in [0.1, 0.15) is 47.9 Å². The van der Waals surface area contributed by atoms with Crippen molar-refractivity contribution in [2.24, 2.45) is 0 Å². The highest BCUT2D eigenvalue weighted by atomic mass is 32.1. The van der Waals surface area contributed by atoms with E-state index in [2.05, 4.69) is 33.5 Å². The second kappa shape index (κ2) is 6.43. The van der Waals surface area contributed by atoms with E-state index in [1.165, 1.54) is 11.3 Å². The lowest BCUT2D eigenvalue weighted by Crippen LogP contribution is -2.39. The first-order valence-corrected chi connectivity index (χ1v) is 8.45. The Kier molecular flexibility index (Phi) is 4.39. The Morgan fingerprint density at radius 1 is 1.52 bits per heavy atom. The minimum absolute atomic E-state index is 0.178. The largest absolute Gasteiger partial charge is 0.334 e. The zero-order valence-corrected chi connectivity index (χ0v) is 13.2. The maximum Gasteiger partial charge on any atom is 0.223 e. The number of amides is 1. The molecular formula is C16H21N3OS. The standard InChI is InChI=1S/C16H21N3OS/c1-12-11-17-18-16(12)14-6-2-3-9-19(14)15(20)8-7-13-5-4-10-21-13/h4-5,10-11,14H,2-3,6-9H2,1H3,(H,17,18)/t14-/m0/s1. The van der Waals surface area contributed by atoms with Gasteiger partial charge in [-0.2, -0.15) is 5.10 Å². The second-order valence-electron chi connectivity index (χ2n) is 5.64. The SMILES string of the molecule is Cc1cn[nH]c1[C@@H]1CCCCN1C(=O)CCc1cccs1. The van der Waals surface area contributed by atoms with Crippen molar-refractivity contribution in [3.63, 3.8) is 0 Å². The highest BCUT2D eigenvalue weighted by molar-refractivity contribution is 7.09. The highest BCUT2D eigenvalue weighted by Gasteiger charge is 2.29. The molecule has 1 N–H and O–H groups in total. The van der Waals surface area contributed by atoms with Crippen LogP contribution in [0, 0.1) is 6.92 Å². The number of aromatic amines is 1. The lowest BCUT2D eigenvalue weighted by molar-refractivity contribution is -0.135. The predicted molar refractivity (Wildman–Crippen MR) is 84.3 cm³/mol. The fourth-order valence-electron chi connectivity index (χ4n) is 3.05. The van der Waals surface area contributed by atoms with Gasteiger partial charge in [-0.05, 0) is 49.6 Å². The van der Waals surface area contributed by atoms with E-state index >= 15 is 0 Å². The summed E-state index contributed by atoms with van der Waals surface area (Å²) in [6.07, 6.45) is 6.62. The lowest BCUT2D eigenvalue weighted by Gasteiger charge is -2.35. The van der Waals surface area contributed by atoms with Crippen LogP contribution in [0.2, 0.25) is 0 Å². The monoisotopic (exact) mass is 303 g/mol. The van der Waals surface area contributed by atoms with Crippen LogP contribution < -0.4 is 0 Å². The number of hydrogen-bond donors (Lipinski definition) is 1. The Bertz CT molecular complexity index is 590. The van der Waals surface area contributed by atoms with Crippen molar-refractivity contribution in [1.82, 2.24) is 15.1 Å². The summed E-state index contributed by atoms with van der Waals surface area (Å²) >= 11 is 1.73. The summed E-state index contributed by atoms with van der Waals surface area (Å²) in [4.78, 5) is 15.9. The zero-order chi connectivity index (χ0) is 14.7. The van der Waals surface area contributed by atoms with Crippen LogP contribution in [-0.2, 0) is 11.2 Å². The summed E-state index contributed by atoms with van der Waals surface area (Å²) in [5.41, 5.74) is 2.26. The maximum absolute atomic E-state index is 12.6. The Labute approximate surface area is 129 Å². The molecule has 0 unspecified atom stereocenters. The topological polar surface area (TPSA) is 49.0 Å². The fraction of sp³-hybridized carbons (Fsp3) is 0.500. The molecule has 1 amide bonds. The molecule has 0 bridgehead atoms. The van der Waals surface area contributed by atoms with Gasteiger partial charge < -0.3 is 4.90 Å². The molecule has 2 aromatic heterocycles. The predicted octanol–water partition coefficient (Wildman–Crippen LogP) is 3.47. The normalized spacial score (nSPS) is 18.9. The van der Waals surface area contributed by atoms with Gasteiger partial charge in [0.05, 0.1) is 17.9 Å². The van der Waals surface area contributed by atoms with E-state index < -0.39 is 0 Å². The van der Waals surface area contributed by atoms with Crippen LogP contribution in [0.3, 0.4) is 0 Å². The first-order valence-electron chi connectivity index (χ1n) is 7.57. The van der Waals surface area contributed by atoms with Gasteiger partial charge in [-0.1, -0.05) is 6.07 Å². The summed E-state index contributed by atoms with van der Waals surface area (Å²) in [5, 5.41) is 9.27. The Morgan fingerprint density at radius 2 is 2.43 bits per heavy atom. The van der Waals surface area contributed by atoms with Gasteiger partial charge in [0.15, 0.2) is 0 Å². The maximum atomic E-state index is 12.6. The van der Waals surface area contributed by atoms with Gasteiger partial charge in [0.2, 0.25) is 5.91 Å². The van der Waals surface area contributed by atoms with Crippen molar-refractivity contribution >= 4 is 17.2 Å². The third-order valence-electron chi connectivity index (χ3n) is 4.19. The van der Waals surface area contributed by atoms with Gasteiger partial charge in [0.1, 0.15) is 0 Å². The number of likely N-dealkylation sites (tertiary alicyclic amines) is 1. The van der Waals surface area contributed by atoms with E-state index in [0.717, 1.165) is 37.1 Å². The molecule has 2 aromatic rings. The molecule has 1 saturated heterocycles. The second-order valence-corrected chi connectivity index (χ2v) is 6.68. The number of rotatable bonds is 4. The number of aromatic nitrogens is 2. The van der Waals surface area contributed by atoms with Crippen molar-refractivity contribution < 1.29 is 4.79 Å². The number of thiophene rings is 1. The Morgan fingerprint density at radius 3 is 3.14 bits per heavy atom. The number of hydrogen-bond acceptors (Lipinski definition) is 3. The molecule has 1 fully saturated rings. The Balaban J connectivity index is 1.69. The minimum Gasteiger partial charge on any atom is -0.334 e. The Hall–Kier alpha value is -1.62. The number of piperidine rings is 1. The van der Waals surface area contributed by atoms with Crippen molar-refractivity contribution in [3.05, 3.63) is 39.8 Å². The van der Waals surface area contributed by atoms with Gasteiger partial charge in [0, 0.05) is 17.8 Å². The molecule has 1 aliphatic rings. The molecule has 0 radical (unpaired) electrons. The molecule has 0 saturated carbocycles. The van der Waals surface area contributed by atoms with Crippen LogP contribution >= 0.6 is 11.3 Å².